The highest BCUT2D eigenvalue weighted by Gasteiger charge is 2.41. The predicted octanol–water partition coefficient (Wildman–Crippen LogP) is 3.64. The minimum atomic E-state index is -0.653. The smallest absolute Gasteiger partial charge is 0.306 e. The van der Waals surface area contributed by atoms with Crippen LogP contribution in [0.3, 0.4) is 0 Å². The van der Waals surface area contributed by atoms with Crippen LogP contribution in [0.4, 0.5) is 0 Å². The van der Waals surface area contributed by atoms with Gasteiger partial charge in [0, 0.05) is 5.54 Å². The van der Waals surface area contributed by atoms with Gasteiger partial charge >= 0.3 is 5.97 Å². The third-order valence-electron chi connectivity index (χ3n) is 4.80. The van der Waals surface area contributed by atoms with E-state index in [4.69, 9.17) is 4.74 Å². The van der Waals surface area contributed by atoms with E-state index in [0.717, 1.165) is 44.4 Å². The molecule has 1 fully saturated rings. The molecule has 1 aliphatic carbocycles. The molecule has 0 spiro atoms. The molecule has 1 aromatic rings. The first kappa shape index (κ1) is 17.8. The van der Waals surface area contributed by atoms with Gasteiger partial charge in [0.2, 0.25) is 0 Å². The first-order valence-electron chi connectivity index (χ1n) is 8.69. The number of rotatable bonds is 11. The fourth-order valence-corrected chi connectivity index (χ4v) is 3.05. The van der Waals surface area contributed by atoms with Crippen molar-refractivity contribution in [1.29, 1.82) is 0 Å². The van der Waals surface area contributed by atoms with Crippen LogP contribution in [-0.4, -0.2) is 30.3 Å². The van der Waals surface area contributed by atoms with Crippen LogP contribution in [0.25, 0.3) is 0 Å². The maximum atomic E-state index is 11.3. The van der Waals surface area contributed by atoms with Crippen molar-refractivity contribution in [3.8, 4) is 5.75 Å². The number of nitrogens with one attached hydrogen (secondary N) is 1. The second-order valence-electron chi connectivity index (χ2n) is 6.70. The summed E-state index contributed by atoms with van der Waals surface area (Å²) in [4.78, 5) is 11.3. The Morgan fingerprint density at radius 3 is 2.52 bits per heavy atom. The van der Waals surface area contributed by atoms with E-state index < -0.39 is 5.97 Å². The van der Waals surface area contributed by atoms with E-state index in [1.807, 2.05) is 12.1 Å². The van der Waals surface area contributed by atoms with Crippen molar-refractivity contribution in [1.82, 2.24) is 5.32 Å². The molecule has 1 atom stereocenters. The highest BCUT2D eigenvalue weighted by molar-refractivity contribution is 5.69. The minimum Gasteiger partial charge on any atom is -0.497 e. The normalized spacial score (nSPS) is 16.8. The van der Waals surface area contributed by atoms with Crippen LogP contribution in [0.1, 0.15) is 51.0 Å². The molecule has 0 saturated heterocycles. The topological polar surface area (TPSA) is 58.6 Å². The molecular weight excluding hydrogens is 290 g/mol. The Morgan fingerprint density at radius 2 is 2.00 bits per heavy atom. The molecule has 1 aromatic carbocycles. The zero-order chi connectivity index (χ0) is 16.7. The zero-order valence-corrected chi connectivity index (χ0v) is 14.3. The van der Waals surface area contributed by atoms with Crippen LogP contribution in [-0.2, 0) is 11.2 Å². The van der Waals surface area contributed by atoms with E-state index in [2.05, 4.69) is 24.4 Å². The van der Waals surface area contributed by atoms with Gasteiger partial charge in [-0.25, -0.2) is 0 Å². The van der Waals surface area contributed by atoms with Crippen LogP contribution in [0, 0.1) is 5.92 Å². The van der Waals surface area contributed by atoms with E-state index in [1.54, 1.807) is 7.11 Å². The molecule has 1 saturated carbocycles. The second kappa shape index (κ2) is 8.34. The number of hydrogen-bond acceptors (Lipinski definition) is 3. The van der Waals surface area contributed by atoms with E-state index in [0.29, 0.717) is 0 Å². The molecular formula is C19H29NO3. The average Bonchev–Trinajstić information content (AvgIpc) is 3.30. The summed E-state index contributed by atoms with van der Waals surface area (Å²) in [5.74, 6) is 0.0197. The quantitative estimate of drug-likeness (QED) is 0.654. The Balaban J connectivity index is 1.78. The molecule has 0 radical (unpaired) electrons. The summed E-state index contributed by atoms with van der Waals surface area (Å²) in [6.07, 6.45) is 6.91. The Labute approximate surface area is 139 Å². The fourth-order valence-electron chi connectivity index (χ4n) is 3.05. The lowest BCUT2D eigenvalue weighted by Gasteiger charge is -2.19. The summed E-state index contributed by atoms with van der Waals surface area (Å²) < 4.78 is 5.19. The summed E-state index contributed by atoms with van der Waals surface area (Å²) in [5, 5.41) is 12.9. The zero-order valence-electron chi connectivity index (χ0n) is 14.3. The van der Waals surface area contributed by atoms with Crippen molar-refractivity contribution >= 4 is 5.97 Å². The van der Waals surface area contributed by atoms with Gasteiger partial charge in [-0.2, -0.15) is 0 Å². The highest BCUT2D eigenvalue weighted by atomic mass is 16.5. The lowest BCUT2D eigenvalue weighted by Crippen LogP contribution is -2.35. The van der Waals surface area contributed by atoms with Gasteiger partial charge in [-0.1, -0.05) is 31.9 Å². The maximum Gasteiger partial charge on any atom is 0.306 e. The SMILES string of the molecule is CCCCC(CCNC1(Cc2ccc(OC)cc2)CC1)C(=O)O. The molecule has 23 heavy (non-hydrogen) atoms. The lowest BCUT2D eigenvalue weighted by molar-refractivity contribution is -0.142. The predicted molar refractivity (Wildman–Crippen MR) is 91.9 cm³/mol. The van der Waals surface area contributed by atoms with Crippen molar-refractivity contribution in [3.05, 3.63) is 29.8 Å². The third-order valence-corrected chi connectivity index (χ3v) is 4.80. The van der Waals surface area contributed by atoms with E-state index in [-0.39, 0.29) is 11.5 Å². The van der Waals surface area contributed by atoms with Gasteiger partial charge in [-0.3, -0.25) is 4.79 Å². The number of carboxylic acid groups (broad SMARTS) is 1. The number of carboxylic acids is 1. The summed E-state index contributed by atoms with van der Waals surface area (Å²) in [5.41, 5.74) is 1.49. The number of aliphatic carboxylic acids is 1. The summed E-state index contributed by atoms with van der Waals surface area (Å²) in [6, 6.07) is 8.22. The fraction of sp³-hybridized carbons (Fsp3) is 0.632. The molecule has 1 unspecified atom stereocenters. The molecule has 2 N–H and O–H groups in total. The molecule has 128 valence electrons. The van der Waals surface area contributed by atoms with E-state index in [1.165, 1.54) is 18.4 Å². The Morgan fingerprint density at radius 1 is 1.30 bits per heavy atom. The largest absolute Gasteiger partial charge is 0.497 e. The maximum absolute atomic E-state index is 11.3. The second-order valence-corrected chi connectivity index (χ2v) is 6.70. The van der Waals surface area contributed by atoms with E-state index in [9.17, 15) is 9.90 Å². The van der Waals surface area contributed by atoms with Crippen molar-refractivity contribution in [2.24, 2.45) is 5.92 Å². The van der Waals surface area contributed by atoms with Crippen molar-refractivity contribution in [2.75, 3.05) is 13.7 Å². The first-order valence-corrected chi connectivity index (χ1v) is 8.69. The Kier molecular flexibility index (Phi) is 6.46. The van der Waals surface area contributed by atoms with Crippen LogP contribution >= 0.6 is 0 Å². The van der Waals surface area contributed by atoms with Gasteiger partial charge in [0.15, 0.2) is 0 Å². The lowest BCUT2D eigenvalue weighted by atomic mass is 9.98. The number of benzene rings is 1. The van der Waals surface area contributed by atoms with Gasteiger partial charge in [-0.05, 0) is 56.3 Å². The van der Waals surface area contributed by atoms with Crippen LogP contribution in [0.2, 0.25) is 0 Å². The third kappa shape index (κ3) is 5.54. The number of unbranched alkanes of at least 4 members (excludes halogenated alkanes) is 1. The standard InChI is InChI=1S/C19H29NO3/c1-3-4-5-16(18(21)22)10-13-20-19(11-12-19)14-15-6-8-17(23-2)9-7-15/h6-9,16,20H,3-5,10-14H2,1-2H3,(H,21,22). The van der Waals surface area contributed by atoms with Gasteiger partial charge in [-0.15, -0.1) is 0 Å². The monoisotopic (exact) mass is 319 g/mol. The van der Waals surface area contributed by atoms with Gasteiger partial charge in [0.05, 0.1) is 13.0 Å². The molecule has 2 rings (SSSR count). The van der Waals surface area contributed by atoms with Crippen LogP contribution in [0.15, 0.2) is 24.3 Å². The molecule has 0 aliphatic heterocycles. The summed E-state index contributed by atoms with van der Waals surface area (Å²) in [7, 11) is 1.68. The van der Waals surface area contributed by atoms with Gasteiger partial charge < -0.3 is 15.2 Å². The molecule has 0 heterocycles. The molecule has 0 aromatic heterocycles. The number of ether oxygens (including phenoxy) is 1. The van der Waals surface area contributed by atoms with Gasteiger partial charge in [0.1, 0.15) is 5.75 Å². The molecule has 0 bridgehead atoms. The first-order chi connectivity index (χ1) is 11.1. The average molecular weight is 319 g/mol. The highest BCUT2D eigenvalue weighted by Crippen LogP contribution is 2.39. The van der Waals surface area contributed by atoms with Crippen LogP contribution < -0.4 is 10.1 Å². The summed E-state index contributed by atoms with van der Waals surface area (Å²) >= 11 is 0. The summed E-state index contributed by atoms with van der Waals surface area (Å²) in [6.45, 7) is 2.89. The number of methoxy groups -OCH3 is 1. The number of hydrogen-bond donors (Lipinski definition) is 2. The minimum absolute atomic E-state index is 0.183. The van der Waals surface area contributed by atoms with Gasteiger partial charge in [0.25, 0.3) is 0 Å². The van der Waals surface area contributed by atoms with E-state index >= 15 is 0 Å². The van der Waals surface area contributed by atoms with Crippen LogP contribution in [0.5, 0.6) is 5.75 Å². The molecule has 1 aliphatic rings. The molecule has 4 nitrogen and oxygen atoms in total. The molecule has 4 heteroatoms. The Hall–Kier alpha value is -1.55. The number of carbonyl (C=O) groups is 1. The van der Waals surface area contributed by atoms with Crippen molar-refractivity contribution < 1.29 is 14.6 Å². The van der Waals surface area contributed by atoms with Crippen molar-refractivity contribution in [2.45, 2.75) is 57.4 Å². The molecule has 0 amide bonds. The Bertz CT molecular complexity index is 494. The van der Waals surface area contributed by atoms with Crippen molar-refractivity contribution in [3.63, 3.8) is 0 Å².